The molecule has 0 radical (unpaired) electrons. The molecule has 23 heavy (non-hydrogen) atoms. The number of aliphatic hydroxyl groups is 1. The third kappa shape index (κ3) is 3.48. The van der Waals surface area contributed by atoms with Crippen molar-refractivity contribution in [3.8, 4) is 0 Å². The molecule has 5 nitrogen and oxygen atoms in total. The highest BCUT2D eigenvalue weighted by Gasteiger charge is 2.42. The van der Waals surface area contributed by atoms with Crippen molar-refractivity contribution in [2.24, 2.45) is 0 Å². The molecule has 3 rings (SSSR count). The molecule has 126 valence electrons. The lowest BCUT2D eigenvalue weighted by Crippen LogP contribution is -2.54. The summed E-state index contributed by atoms with van der Waals surface area (Å²) in [5.74, 6) is -0.309. The summed E-state index contributed by atoms with van der Waals surface area (Å²) in [7, 11) is 0. The zero-order chi connectivity index (χ0) is 16.4. The lowest BCUT2D eigenvalue weighted by molar-refractivity contribution is 0.0373. The molecular weight excluding hydrogens is 299 g/mol. The van der Waals surface area contributed by atoms with Crippen LogP contribution in [-0.4, -0.2) is 52.5 Å². The Morgan fingerprint density at radius 2 is 2.17 bits per heavy atom. The Hall–Kier alpha value is -1.66. The van der Waals surface area contributed by atoms with E-state index in [9.17, 15) is 19.4 Å². The predicted molar refractivity (Wildman–Crippen MR) is 83.9 cm³/mol. The maximum absolute atomic E-state index is 13.4. The molecule has 0 bridgehead atoms. The Balaban J connectivity index is 1.77. The van der Waals surface area contributed by atoms with Crippen LogP contribution in [0.1, 0.15) is 37.2 Å². The number of nitrogens with one attached hydrogen (secondary N) is 1. The zero-order valence-electron chi connectivity index (χ0n) is 13.0. The average molecular weight is 322 g/mol. The number of hydrogen-bond acceptors (Lipinski definition) is 3. The highest BCUT2D eigenvalue weighted by molar-refractivity contribution is 5.66. The first kappa shape index (κ1) is 16.2. The summed E-state index contributed by atoms with van der Waals surface area (Å²) in [5.41, 5.74) is 0.832. The van der Waals surface area contributed by atoms with E-state index in [2.05, 4.69) is 5.32 Å². The van der Waals surface area contributed by atoms with Crippen molar-refractivity contribution in [3.63, 3.8) is 0 Å². The highest BCUT2D eigenvalue weighted by atomic mass is 19.1. The van der Waals surface area contributed by atoms with E-state index in [1.54, 1.807) is 6.07 Å². The molecule has 1 saturated heterocycles. The maximum Gasteiger partial charge on any atom is 0.407 e. The number of nitrogens with zero attached hydrogens (tertiary/aromatic N) is 1. The lowest BCUT2D eigenvalue weighted by atomic mass is 9.97. The molecule has 6 heteroatoms. The van der Waals surface area contributed by atoms with Crippen molar-refractivity contribution in [2.75, 3.05) is 13.1 Å². The lowest BCUT2D eigenvalue weighted by Gasteiger charge is -2.38. The Morgan fingerprint density at radius 1 is 1.35 bits per heavy atom. The number of halogens is 1. The zero-order valence-corrected chi connectivity index (χ0v) is 13.0. The van der Waals surface area contributed by atoms with Crippen LogP contribution in [-0.2, 0) is 0 Å². The van der Waals surface area contributed by atoms with E-state index in [4.69, 9.17) is 0 Å². The van der Waals surface area contributed by atoms with Crippen LogP contribution in [0.15, 0.2) is 24.3 Å². The number of carbonyl (C=O) groups is 1. The molecule has 0 aromatic heterocycles. The number of benzene rings is 1. The van der Waals surface area contributed by atoms with Crippen molar-refractivity contribution in [3.05, 3.63) is 35.6 Å². The van der Waals surface area contributed by atoms with Gasteiger partial charge in [0.2, 0.25) is 0 Å². The Kier molecular flexibility index (Phi) is 4.82. The van der Waals surface area contributed by atoms with Gasteiger partial charge in [0.05, 0.1) is 12.1 Å². The minimum Gasteiger partial charge on any atom is -0.465 e. The fourth-order valence-corrected chi connectivity index (χ4v) is 3.96. The minimum absolute atomic E-state index is 0.0101. The molecule has 2 fully saturated rings. The molecule has 1 heterocycles. The third-order valence-electron chi connectivity index (χ3n) is 5.06. The summed E-state index contributed by atoms with van der Waals surface area (Å²) in [6.07, 6.45) is 1.06. The topological polar surface area (TPSA) is 72.8 Å². The van der Waals surface area contributed by atoms with E-state index in [1.807, 2.05) is 6.07 Å². The molecule has 1 amide bonds. The van der Waals surface area contributed by atoms with E-state index in [1.165, 1.54) is 17.0 Å². The van der Waals surface area contributed by atoms with Crippen molar-refractivity contribution >= 4 is 6.09 Å². The molecule has 1 aliphatic heterocycles. The third-order valence-corrected chi connectivity index (χ3v) is 5.06. The first-order chi connectivity index (χ1) is 11.1. The number of piperidine rings is 1. The molecule has 3 N–H and O–H groups in total. The van der Waals surface area contributed by atoms with Crippen LogP contribution in [0.3, 0.4) is 0 Å². The van der Waals surface area contributed by atoms with Crippen LogP contribution in [0, 0.1) is 5.82 Å². The van der Waals surface area contributed by atoms with E-state index in [0.717, 1.165) is 24.9 Å². The van der Waals surface area contributed by atoms with Gasteiger partial charge in [-0.3, -0.25) is 4.90 Å². The Morgan fingerprint density at radius 3 is 2.83 bits per heavy atom. The van der Waals surface area contributed by atoms with E-state index in [-0.39, 0.29) is 17.8 Å². The number of carboxylic acid groups (broad SMARTS) is 1. The van der Waals surface area contributed by atoms with Crippen molar-refractivity contribution in [1.82, 2.24) is 10.2 Å². The number of rotatable bonds is 3. The average Bonchev–Trinajstić information content (AvgIpc) is 2.90. The van der Waals surface area contributed by atoms with Crippen LogP contribution >= 0.6 is 0 Å². The van der Waals surface area contributed by atoms with Gasteiger partial charge in [0, 0.05) is 12.6 Å². The number of hydrogen-bond donors (Lipinski definition) is 3. The summed E-state index contributed by atoms with van der Waals surface area (Å²) in [6, 6.07) is 5.84. The van der Waals surface area contributed by atoms with E-state index in [0.29, 0.717) is 19.4 Å². The molecule has 1 aliphatic carbocycles. The first-order valence-electron chi connectivity index (χ1n) is 8.21. The molecular formula is C17H23FN2O3. The van der Waals surface area contributed by atoms with Gasteiger partial charge < -0.3 is 15.5 Å². The SMILES string of the molecule is O=C(O)N(C1CCCNC1)C1CC(c2cccc(F)c2)CC1O. The summed E-state index contributed by atoms with van der Waals surface area (Å²) in [4.78, 5) is 13.2. The number of aliphatic hydroxyl groups excluding tert-OH is 1. The van der Waals surface area contributed by atoms with Crippen LogP contribution in [0.2, 0.25) is 0 Å². The van der Waals surface area contributed by atoms with Crippen molar-refractivity contribution in [1.29, 1.82) is 0 Å². The molecule has 0 spiro atoms. The maximum atomic E-state index is 13.4. The largest absolute Gasteiger partial charge is 0.465 e. The molecule has 4 atom stereocenters. The molecule has 1 aromatic carbocycles. The van der Waals surface area contributed by atoms with Crippen LogP contribution < -0.4 is 5.32 Å². The van der Waals surface area contributed by atoms with Gasteiger partial charge in [-0.05, 0) is 55.8 Å². The summed E-state index contributed by atoms with van der Waals surface area (Å²) < 4.78 is 13.4. The Bertz CT molecular complexity index is 563. The van der Waals surface area contributed by atoms with Gasteiger partial charge in [-0.25, -0.2) is 9.18 Å². The van der Waals surface area contributed by atoms with E-state index >= 15 is 0 Å². The summed E-state index contributed by atoms with van der Waals surface area (Å²) in [5, 5.41) is 23.3. The van der Waals surface area contributed by atoms with Gasteiger partial charge >= 0.3 is 6.09 Å². The quantitative estimate of drug-likeness (QED) is 0.797. The van der Waals surface area contributed by atoms with Crippen LogP contribution in [0.25, 0.3) is 0 Å². The van der Waals surface area contributed by atoms with Crippen molar-refractivity contribution < 1.29 is 19.4 Å². The summed E-state index contributed by atoms with van der Waals surface area (Å²) >= 11 is 0. The van der Waals surface area contributed by atoms with Gasteiger partial charge in [0.15, 0.2) is 0 Å². The van der Waals surface area contributed by atoms with Gasteiger partial charge in [0.25, 0.3) is 0 Å². The monoisotopic (exact) mass is 322 g/mol. The minimum atomic E-state index is -0.984. The number of amides is 1. The first-order valence-corrected chi connectivity index (χ1v) is 8.21. The molecule has 2 aliphatic rings. The molecule has 4 unspecified atom stereocenters. The fourth-order valence-electron chi connectivity index (χ4n) is 3.96. The second-order valence-corrected chi connectivity index (χ2v) is 6.55. The predicted octanol–water partition coefficient (Wildman–Crippen LogP) is 2.16. The normalized spacial score (nSPS) is 31.0. The van der Waals surface area contributed by atoms with Gasteiger partial charge in [0.1, 0.15) is 5.82 Å². The van der Waals surface area contributed by atoms with Gasteiger partial charge in [-0.2, -0.15) is 0 Å². The summed E-state index contributed by atoms with van der Waals surface area (Å²) in [6.45, 7) is 1.53. The highest BCUT2D eigenvalue weighted by Crippen LogP contribution is 2.38. The molecule has 1 aromatic rings. The Labute approximate surface area is 135 Å². The second-order valence-electron chi connectivity index (χ2n) is 6.55. The molecule has 1 saturated carbocycles. The van der Waals surface area contributed by atoms with Gasteiger partial charge in [-0.1, -0.05) is 12.1 Å². The van der Waals surface area contributed by atoms with E-state index < -0.39 is 18.2 Å². The van der Waals surface area contributed by atoms with Crippen LogP contribution in [0.5, 0.6) is 0 Å². The van der Waals surface area contributed by atoms with Crippen molar-refractivity contribution in [2.45, 2.75) is 49.8 Å². The fraction of sp³-hybridized carbons (Fsp3) is 0.588. The van der Waals surface area contributed by atoms with Gasteiger partial charge in [-0.15, -0.1) is 0 Å². The standard InChI is InChI=1S/C17H23FN2O3/c18-13-4-1-3-11(7-13)12-8-15(16(21)9-12)20(17(22)23)14-5-2-6-19-10-14/h1,3-4,7,12,14-16,19,21H,2,5-6,8-10H2,(H,22,23). The smallest absolute Gasteiger partial charge is 0.407 e. The second kappa shape index (κ2) is 6.84. The van der Waals surface area contributed by atoms with Crippen LogP contribution in [0.4, 0.5) is 9.18 Å².